The highest BCUT2D eigenvalue weighted by Crippen LogP contribution is 2.39. The van der Waals surface area contributed by atoms with Crippen LogP contribution in [0.4, 0.5) is 10.2 Å². The Morgan fingerprint density at radius 3 is 2.78 bits per heavy atom. The highest BCUT2D eigenvalue weighted by molar-refractivity contribution is 6.30. The maximum absolute atomic E-state index is 15.6. The molecule has 6 nitrogen and oxygen atoms in total. The third-order valence-corrected chi connectivity index (χ3v) is 5.15. The van der Waals surface area contributed by atoms with Gasteiger partial charge in [-0.3, -0.25) is 9.36 Å². The van der Waals surface area contributed by atoms with E-state index in [1.165, 1.54) is 17.0 Å². The fourth-order valence-corrected chi connectivity index (χ4v) is 3.75. The van der Waals surface area contributed by atoms with Crippen molar-refractivity contribution < 1.29 is 9.18 Å². The van der Waals surface area contributed by atoms with Gasteiger partial charge < -0.3 is 10.6 Å². The molecule has 0 aliphatic carbocycles. The Balaban J connectivity index is 1.89. The minimum Gasteiger partial charge on any atom is -0.383 e. The van der Waals surface area contributed by atoms with Gasteiger partial charge in [0, 0.05) is 23.7 Å². The van der Waals surface area contributed by atoms with Gasteiger partial charge in [0.15, 0.2) is 0 Å². The number of rotatable bonds is 3. The second kappa shape index (κ2) is 6.66. The minimum absolute atomic E-state index is 0.165. The molecule has 0 bridgehead atoms. The number of carbonyl (C=O) groups is 1. The molecule has 8 heteroatoms. The monoisotopic (exact) mass is 385 g/mol. The molecule has 1 fully saturated rings. The smallest absolute Gasteiger partial charge is 0.246 e. The van der Waals surface area contributed by atoms with Crippen molar-refractivity contribution in [1.29, 1.82) is 0 Å². The number of hydrogen-bond donors (Lipinski definition) is 1. The lowest BCUT2D eigenvalue weighted by Gasteiger charge is -2.16. The number of nitrogens with zero attached hydrogens (tertiary/aromatic N) is 4. The number of likely N-dealkylation sites (tertiary alicyclic amines) is 1. The zero-order chi connectivity index (χ0) is 19.1. The van der Waals surface area contributed by atoms with Crippen LogP contribution >= 0.6 is 11.6 Å². The molecular formula is C19H17ClFN5O. The summed E-state index contributed by atoms with van der Waals surface area (Å²) in [6, 6.07) is 6.61. The number of amides is 1. The van der Waals surface area contributed by atoms with E-state index >= 15 is 4.39 Å². The summed E-state index contributed by atoms with van der Waals surface area (Å²) in [5, 5.41) is 1.02. The molecular weight excluding hydrogens is 369 g/mol. The second-order valence-corrected chi connectivity index (χ2v) is 6.87. The Hall–Kier alpha value is -2.93. The lowest BCUT2D eigenvalue weighted by molar-refractivity contribution is -0.125. The van der Waals surface area contributed by atoms with Gasteiger partial charge in [0.1, 0.15) is 17.8 Å². The first-order chi connectivity index (χ1) is 13.0. The molecule has 0 unspecified atom stereocenters. The van der Waals surface area contributed by atoms with E-state index < -0.39 is 5.95 Å². The molecule has 1 amide bonds. The van der Waals surface area contributed by atoms with Crippen molar-refractivity contribution in [3.8, 4) is 11.1 Å². The van der Waals surface area contributed by atoms with Crippen LogP contribution in [0.15, 0.2) is 43.2 Å². The Labute approximate surface area is 160 Å². The summed E-state index contributed by atoms with van der Waals surface area (Å²) < 4.78 is 17.1. The molecule has 27 heavy (non-hydrogen) atoms. The average Bonchev–Trinajstić information content (AvgIpc) is 3.25. The van der Waals surface area contributed by atoms with Crippen LogP contribution in [-0.2, 0) is 4.79 Å². The summed E-state index contributed by atoms with van der Waals surface area (Å²) in [7, 11) is 0. The topological polar surface area (TPSA) is 77.0 Å². The molecule has 1 aromatic carbocycles. The number of carbonyl (C=O) groups excluding carboxylic acids is 1. The van der Waals surface area contributed by atoms with Gasteiger partial charge in [-0.25, -0.2) is 9.97 Å². The minimum atomic E-state index is -0.447. The number of aromatic nitrogens is 3. The van der Waals surface area contributed by atoms with E-state index in [9.17, 15) is 4.79 Å². The third-order valence-electron chi connectivity index (χ3n) is 4.90. The average molecular weight is 386 g/mol. The summed E-state index contributed by atoms with van der Waals surface area (Å²) in [5.74, 6) is -0.404. The van der Waals surface area contributed by atoms with Crippen molar-refractivity contribution >= 4 is 34.4 Å². The lowest BCUT2D eigenvalue weighted by Crippen LogP contribution is -2.27. The number of nitrogen functional groups attached to an aromatic ring is 1. The van der Waals surface area contributed by atoms with Gasteiger partial charge in [-0.1, -0.05) is 30.3 Å². The van der Waals surface area contributed by atoms with Crippen LogP contribution in [-0.4, -0.2) is 38.4 Å². The zero-order valence-electron chi connectivity index (χ0n) is 14.4. The van der Waals surface area contributed by atoms with Crippen LogP contribution in [0.2, 0.25) is 5.02 Å². The molecule has 2 N–H and O–H groups in total. The van der Waals surface area contributed by atoms with Crippen LogP contribution in [0, 0.1) is 5.95 Å². The van der Waals surface area contributed by atoms with Gasteiger partial charge in [0.2, 0.25) is 11.9 Å². The van der Waals surface area contributed by atoms with E-state index in [1.54, 1.807) is 29.2 Å². The van der Waals surface area contributed by atoms with Crippen LogP contribution < -0.4 is 5.73 Å². The predicted octanol–water partition coefficient (Wildman–Crippen LogP) is 3.43. The molecule has 1 aliphatic heterocycles. The lowest BCUT2D eigenvalue weighted by atomic mass is 10.1. The second-order valence-electron chi connectivity index (χ2n) is 6.43. The quantitative estimate of drug-likeness (QED) is 0.701. The molecule has 3 aromatic rings. The first-order valence-electron chi connectivity index (χ1n) is 8.48. The van der Waals surface area contributed by atoms with Gasteiger partial charge in [0.25, 0.3) is 0 Å². The molecule has 4 rings (SSSR count). The number of fused-ring (bicyclic) bond motifs is 1. The predicted molar refractivity (Wildman–Crippen MR) is 103 cm³/mol. The molecule has 1 saturated heterocycles. The van der Waals surface area contributed by atoms with Crippen molar-refractivity contribution in [2.45, 2.75) is 12.5 Å². The van der Waals surface area contributed by atoms with Gasteiger partial charge >= 0.3 is 0 Å². The maximum Gasteiger partial charge on any atom is 0.246 e. The molecule has 3 heterocycles. The van der Waals surface area contributed by atoms with Crippen LogP contribution in [0.3, 0.4) is 0 Å². The third kappa shape index (κ3) is 2.84. The van der Waals surface area contributed by atoms with Gasteiger partial charge in [-0.2, -0.15) is 4.39 Å². The number of hydrogen-bond acceptors (Lipinski definition) is 4. The fraction of sp³-hybridized carbons (Fsp3) is 0.211. The normalized spacial score (nSPS) is 16.8. The summed E-state index contributed by atoms with van der Waals surface area (Å²) in [6.07, 6.45) is 3.21. The van der Waals surface area contributed by atoms with Crippen molar-refractivity contribution in [3.05, 3.63) is 54.2 Å². The van der Waals surface area contributed by atoms with Crippen LogP contribution in [0.1, 0.15) is 12.5 Å². The van der Waals surface area contributed by atoms with Crippen LogP contribution in [0.5, 0.6) is 0 Å². The largest absolute Gasteiger partial charge is 0.383 e. The maximum atomic E-state index is 15.6. The number of halogens is 2. The molecule has 138 valence electrons. The highest BCUT2D eigenvalue weighted by Gasteiger charge is 2.32. The zero-order valence-corrected chi connectivity index (χ0v) is 15.2. The van der Waals surface area contributed by atoms with Crippen molar-refractivity contribution in [3.63, 3.8) is 0 Å². The Bertz CT molecular complexity index is 1050. The molecule has 0 spiro atoms. The van der Waals surface area contributed by atoms with Crippen molar-refractivity contribution in [2.24, 2.45) is 0 Å². The highest BCUT2D eigenvalue weighted by atomic mass is 35.5. The summed E-state index contributed by atoms with van der Waals surface area (Å²) in [4.78, 5) is 21.9. The molecule has 0 radical (unpaired) electrons. The van der Waals surface area contributed by atoms with E-state index in [2.05, 4.69) is 16.5 Å². The van der Waals surface area contributed by atoms with Crippen molar-refractivity contribution in [2.75, 3.05) is 18.8 Å². The standard InChI is InChI=1S/C19H17ClFN5O/c1-2-14(27)25-8-7-13(9-25)26-17(21)15(11-3-5-12(20)6-4-11)16-18(22)23-10-24-19(16)26/h2-6,10,13H,1,7-9H2,(H2,22,23,24)/t13-/m1/s1. The van der Waals surface area contributed by atoms with E-state index in [4.69, 9.17) is 17.3 Å². The number of anilines is 1. The Morgan fingerprint density at radius 2 is 2.07 bits per heavy atom. The molecule has 1 atom stereocenters. The SMILES string of the molecule is C=CC(=O)N1CC[C@@H](n2c(F)c(-c3ccc(Cl)cc3)c3c(N)ncnc32)C1. The Kier molecular flexibility index (Phi) is 4.31. The van der Waals surface area contributed by atoms with Gasteiger partial charge in [-0.15, -0.1) is 0 Å². The van der Waals surface area contributed by atoms with E-state index in [0.29, 0.717) is 46.7 Å². The molecule has 1 aliphatic rings. The van der Waals surface area contributed by atoms with Crippen molar-refractivity contribution in [1.82, 2.24) is 19.4 Å². The molecule has 2 aromatic heterocycles. The summed E-state index contributed by atoms with van der Waals surface area (Å²) in [5.41, 5.74) is 7.47. The van der Waals surface area contributed by atoms with E-state index in [-0.39, 0.29) is 17.8 Å². The first-order valence-corrected chi connectivity index (χ1v) is 8.86. The van der Waals surface area contributed by atoms with E-state index in [1.807, 2.05) is 0 Å². The fourth-order valence-electron chi connectivity index (χ4n) is 3.62. The van der Waals surface area contributed by atoms with Gasteiger partial charge in [-0.05, 0) is 30.2 Å². The van der Waals surface area contributed by atoms with Crippen LogP contribution in [0.25, 0.3) is 22.2 Å². The summed E-state index contributed by atoms with van der Waals surface area (Å²) in [6.45, 7) is 4.43. The molecule has 0 saturated carbocycles. The number of benzene rings is 1. The first kappa shape index (κ1) is 17.5. The number of nitrogens with two attached hydrogens (primary N) is 1. The van der Waals surface area contributed by atoms with E-state index in [0.717, 1.165) is 0 Å². The summed E-state index contributed by atoms with van der Waals surface area (Å²) >= 11 is 5.96. The Morgan fingerprint density at radius 1 is 1.33 bits per heavy atom. The van der Waals surface area contributed by atoms with Gasteiger partial charge in [0.05, 0.1) is 11.4 Å².